The fourth-order valence-electron chi connectivity index (χ4n) is 13.7. The van der Waals surface area contributed by atoms with Crippen molar-refractivity contribution in [1.29, 1.82) is 0 Å². The Balaban J connectivity index is 1.01. The fourth-order valence-corrected chi connectivity index (χ4v) is 13.7. The Morgan fingerprint density at radius 2 is 0.744 bits per heavy atom. The van der Waals surface area contributed by atoms with Gasteiger partial charge in [-0.1, -0.05) is 261 Å². The molecular weight excluding hydrogens is 943 g/mol. The van der Waals surface area contributed by atoms with Crippen molar-refractivity contribution in [2.24, 2.45) is 5.92 Å². The van der Waals surface area contributed by atoms with Crippen molar-refractivity contribution in [3.63, 3.8) is 0 Å². The summed E-state index contributed by atoms with van der Waals surface area (Å²) < 4.78 is 0. The van der Waals surface area contributed by atoms with Crippen LogP contribution in [0, 0.1) is 5.92 Å². The monoisotopic (exact) mass is 993 g/mol. The molecule has 3 aliphatic rings. The Morgan fingerprint density at radius 3 is 1.35 bits per heavy atom. The zero-order valence-electron chi connectivity index (χ0n) is 42.8. The van der Waals surface area contributed by atoms with Gasteiger partial charge in [0, 0.05) is 46.5 Å². The minimum Gasteiger partial charge on any atom is -0.265 e. The minimum absolute atomic E-state index is 0.179. The van der Waals surface area contributed by atoms with Crippen molar-refractivity contribution in [2.75, 3.05) is 0 Å². The molecule has 3 aliphatic carbocycles. The molecule has 366 valence electrons. The molecule has 0 aliphatic heterocycles. The van der Waals surface area contributed by atoms with Crippen LogP contribution in [0.1, 0.15) is 50.4 Å². The topological polar surface area (TPSA) is 38.7 Å². The van der Waals surface area contributed by atoms with Crippen molar-refractivity contribution >= 4 is 11.0 Å². The summed E-state index contributed by atoms with van der Waals surface area (Å²) in [7, 11) is 0. The highest BCUT2D eigenvalue weighted by Crippen LogP contribution is 2.61. The summed E-state index contributed by atoms with van der Waals surface area (Å²) in [5, 5.41) is 0. The molecule has 0 radical (unpaired) electrons. The molecule has 0 bridgehead atoms. The maximum atomic E-state index is 5.94. The number of benzene rings is 10. The van der Waals surface area contributed by atoms with Crippen LogP contribution in [0.15, 0.2) is 298 Å². The van der Waals surface area contributed by atoms with E-state index in [0.717, 1.165) is 66.9 Å². The summed E-state index contributed by atoms with van der Waals surface area (Å²) in [6.45, 7) is 0. The second-order valence-electron chi connectivity index (χ2n) is 20.9. The molecule has 0 saturated carbocycles. The van der Waals surface area contributed by atoms with E-state index in [2.05, 4.69) is 290 Å². The summed E-state index contributed by atoms with van der Waals surface area (Å²) in [5.41, 5.74) is 23.5. The summed E-state index contributed by atoms with van der Waals surface area (Å²) in [4.78, 5) is 16.1. The molecule has 10 aromatic carbocycles. The van der Waals surface area contributed by atoms with Crippen LogP contribution in [0.25, 0.3) is 78.1 Å². The van der Waals surface area contributed by atoms with Crippen molar-refractivity contribution in [1.82, 2.24) is 15.0 Å². The third-order valence-corrected chi connectivity index (χ3v) is 17.1. The van der Waals surface area contributed by atoms with Crippen LogP contribution >= 0.6 is 0 Å². The van der Waals surface area contributed by atoms with Crippen LogP contribution in [0.5, 0.6) is 0 Å². The van der Waals surface area contributed by atoms with E-state index in [9.17, 15) is 0 Å². The lowest BCUT2D eigenvalue weighted by Gasteiger charge is -2.39. The van der Waals surface area contributed by atoms with Gasteiger partial charge in [-0.25, -0.2) is 9.97 Å². The van der Waals surface area contributed by atoms with Gasteiger partial charge in [0.1, 0.15) is 0 Å². The first kappa shape index (κ1) is 45.6. The number of pyridine rings is 1. The van der Waals surface area contributed by atoms with Crippen LogP contribution in [0.4, 0.5) is 0 Å². The van der Waals surface area contributed by atoms with E-state index in [4.69, 9.17) is 9.97 Å². The quantitative estimate of drug-likeness (QED) is 0.145. The van der Waals surface area contributed by atoms with Crippen molar-refractivity contribution < 1.29 is 0 Å². The number of rotatable bonds is 9. The molecule has 2 unspecified atom stereocenters. The average molecular weight is 994 g/mol. The number of fused-ring (bicyclic) bond motifs is 7. The van der Waals surface area contributed by atoms with Gasteiger partial charge in [0.2, 0.25) is 0 Å². The number of nitrogens with zero attached hydrogens (tertiary/aromatic N) is 3. The third kappa shape index (κ3) is 6.94. The Morgan fingerprint density at radius 1 is 0.308 bits per heavy atom. The average Bonchev–Trinajstić information content (AvgIpc) is 4.12. The van der Waals surface area contributed by atoms with E-state index in [0.29, 0.717) is 0 Å². The van der Waals surface area contributed by atoms with Gasteiger partial charge in [-0.15, -0.1) is 0 Å². The molecule has 2 atom stereocenters. The molecule has 0 amide bonds. The first-order valence-corrected chi connectivity index (χ1v) is 27.1. The van der Waals surface area contributed by atoms with E-state index < -0.39 is 10.8 Å². The molecular formula is C75H51N3. The maximum Gasteiger partial charge on any atom is 0.0979 e. The van der Waals surface area contributed by atoms with Gasteiger partial charge in [-0.2, -0.15) is 0 Å². The first-order chi connectivity index (χ1) is 38.7. The number of hydrogen-bond donors (Lipinski definition) is 0. The molecule has 15 rings (SSSR count). The minimum atomic E-state index is -0.565. The Bertz CT molecular complexity index is 4210. The van der Waals surface area contributed by atoms with Crippen LogP contribution in [0.3, 0.4) is 0 Å². The first-order valence-electron chi connectivity index (χ1n) is 27.1. The van der Waals surface area contributed by atoms with Crippen molar-refractivity contribution in [3.05, 3.63) is 342 Å². The molecule has 0 spiro atoms. The zero-order valence-corrected chi connectivity index (χ0v) is 42.8. The molecule has 2 heterocycles. The normalized spacial score (nSPS) is 16.1. The Kier molecular flexibility index (Phi) is 10.8. The lowest BCUT2D eigenvalue weighted by atomic mass is 9.63. The van der Waals surface area contributed by atoms with Crippen molar-refractivity contribution in [2.45, 2.75) is 16.7 Å². The second-order valence-corrected chi connectivity index (χ2v) is 20.9. The molecule has 3 nitrogen and oxygen atoms in total. The van der Waals surface area contributed by atoms with E-state index in [-0.39, 0.29) is 11.8 Å². The summed E-state index contributed by atoms with van der Waals surface area (Å²) >= 11 is 0. The highest BCUT2D eigenvalue weighted by atomic mass is 14.8. The van der Waals surface area contributed by atoms with Gasteiger partial charge >= 0.3 is 0 Å². The maximum absolute atomic E-state index is 5.94. The third-order valence-electron chi connectivity index (χ3n) is 17.1. The Hall–Kier alpha value is -9.83. The lowest BCUT2D eigenvalue weighted by Crippen LogP contribution is -2.35. The van der Waals surface area contributed by atoms with Gasteiger partial charge in [0.25, 0.3) is 0 Å². The highest BCUT2D eigenvalue weighted by Gasteiger charge is 2.53. The highest BCUT2D eigenvalue weighted by molar-refractivity contribution is 6.04. The van der Waals surface area contributed by atoms with Crippen LogP contribution < -0.4 is 0 Å². The number of allylic oxidation sites excluding steroid dienone is 4. The van der Waals surface area contributed by atoms with Gasteiger partial charge in [-0.3, -0.25) is 4.98 Å². The van der Waals surface area contributed by atoms with Gasteiger partial charge < -0.3 is 0 Å². The van der Waals surface area contributed by atoms with E-state index >= 15 is 0 Å². The summed E-state index contributed by atoms with van der Waals surface area (Å²) in [6, 6.07) is 95.8. The van der Waals surface area contributed by atoms with Gasteiger partial charge in [0.05, 0.1) is 33.3 Å². The Labute approximate surface area is 455 Å². The SMILES string of the molecule is C1=CC2c3ccc(-c4ccc(-c5ccc6c(c5)C(c5ccccc5)(c5ccccc5)c5ccccc5-6)c5nc(-c6ccc(-c7ccncc7)cc6)c(-c6ccccc6)nc45)cc3C(c3ccccc3)(c3ccccc3)C2C=C1. The fraction of sp³-hybridized carbons (Fsp3) is 0.0533. The molecule has 0 saturated heterocycles. The predicted molar refractivity (Wildman–Crippen MR) is 319 cm³/mol. The number of aromatic nitrogens is 3. The molecule has 12 aromatic rings. The molecule has 0 fully saturated rings. The summed E-state index contributed by atoms with van der Waals surface area (Å²) in [5.74, 6) is 0.388. The number of hydrogen-bond acceptors (Lipinski definition) is 3. The second kappa shape index (κ2) is 18.5. The zero-order chi connectivity index (χ0) is 51.6. The van der Waals surface area contributed by atoms with Crippen LogP contribution in [-0.2, 0) is 10.8 Å². The van der Waals surface area contributed by atoms with E-state index in [1.807, 2.05) is 12.4 Å². The van der Waals surface area contributed by atoms with Gasteiger partial charge in [0.15, 0.2) is 0 Å². The molecule has 2 aromatic heterocycles. The lowest BCUT2D eigenvalue weighted by molar-refractivity contribution is 0.457. The predicted octanol–water partition coefficient (Wildman–Crippen LogP) is 17.9. The molecule has 78 heavy (non-hydrogen) atoms. The van der Waals surface area contributed by atoms with E-state index in [1.165, 1.54) is 55.6 Å². The molecule has 3 heteroatoms. The van der Waals surface area contributed by atoms with Gasteiger partial charge in [-0.05, 0) is 102 Å². The smallest absolute Gasteiger partial charge is 0.0979 e. The van der Waals surface area contributed by atoms with Crippen LogP contribution in [-0.4, -0.2) is 15.0 Å². The van der Waals surface area contributed by atoms with Crippen molar-refractivity contribution in [3.8, 4) is 67.0 Å². The van der Waals surface area contributed by atoms with E-state index in [1.54, 1.807) is 0 Å². The summed E-state index contributed by atoms with van der Waals surface area (Å²) in [6.07, 6.45) is 13.0. The largest absolute Gasteiger partial charge is 0.265 e. The standard InChI is InChI=1S/C75H51N3/c1-6-20-52(21-7-1)70-71(53-36-34-50(35-37-53)51-44-46-76-47-45-51)78-73-61(55-39-41-65-63-31-17-19-33-67(63)75(69(65)49-55,58-26-12-4-13-27-58)59-28-14-5-15-29-59)43-42-60(72(73)77-70)54-38-40-64-62-30-16-18-32-66(62)74(68(64)48-54,56-22-8-2-9-23-56)57-24-10-3-11-25-57/h1-49,62,66H. The molecule has 0 N–H and O–H groups in total. The van der Waals surface area contributed by atoms with Crippen LogP contribution in [0.2, 0.25) is 0 Å².